The molecule has 0 bridgehead atoms. The summed E-state index contributed by atoms with van der Waals surface area (Å²) in [5.41, 5.74) is 4.31. The minimum absolute atomic E-state index is 0.0902. The van der Waals surface area contributed by atoms with Gasteiger partial charge in [0.05, 0.1) is 18.4 Å². The SMILES string of the molecule is C=CCOc1ccc(C2=NN3[C@@H](C2)c2cc(Br)ccc2O[C@H]3c2ccc(OCCCCCC)cc2)cc1. The summed E-state index contributed by atoms with van der Waals surface area (Å²) in [6.45, 7) is 7.17. The fourth-order valence-electron chi connectivity index (χ4n) is 4.80. The third-order valence-electron chi connectivity index (χ3n) is 6.74. The van der Waals surface area contributed by atoms with Gasteiger partial charge < -0.3 is 14.2 Å². The van der Waals surface area contributed by atoms with Crippen molar-refractivity contribution in [3.8, 4) is 17.2 Å². The number of benzene rings is 3. The van der Waals surface area contributed by atoms with E-state index < -0.39 is 0 Å². The topological polar surface area (TPSA) is 43.3 Å². The van der Waals surface area contributed by atoms with Gasteiger partial charge >= 0.3 is 0 Å². The second kappa shape index (κ2) is 11.9. The number of hydrazone groups is 1. The summed E-state index contributed by atoms with van der Waals surface area (Å²) in [7, 11) is 0. The Labute approximate surface area is 227 Å². The third kappa shape index (κ3) is 5.85. The molecular weight excluding hydrogens is 528 g/mol. The van der Waals surface area contributed by atoms with E-state index in [1.54, 1.807) is 6.08 Å². The molecule has 6 heteroatoms. The Morgan fingerprint density at radius 1 is 1.00 bits per heavy atom. The van der Waals surface area contributed by atoms with E-state index in [9.17, 15) is 0 Å². The molecule has 0 fully saturated rings. The van der Waals surface area contributed by atoms with Gasteiger partial charge in [0.15, 0.2) is 0 Å². The fourth-order valence-corrected chi connectivity index (χ4v) is 5.18. The molecule has 0 spiro atoms. The molecule has 0 radical (unpaired) electrons. The molecule has 5 rings (SSSR count). The molecule has 192 valence electrons. The predicted octanol–water partition coefficient (Wildman–Crippen LogP) is 8.22. The van der Waals surface area contributed by atoms with Crippen molar-refractivity contribution < 1.29 is 14.2 Å². The van der Waals surface area contributed by atoms with Gasteiger partial charge in [-0.2, -0.15) is 5.10 Å². The van der Waals surface area contributed by atoms with Crippen LogP contribution < -0.4 is 14.2 Å². The van der Waals surface area contributed by atoms with Crippen molar-refractivity contribution in [3.05, 3.63) is 101 Å². The Morgan fingerprint density at radius 3 is 2.51 bits per heavy atom. The molecule has 2 atom stereocenters. The molecule has 0 unspecified atom stereocenters. The van der Waals surface area contributed by atoms with Gasteiger partial charge in [0.2, 0.25) is 6.23 Å². The Kier molecular flexibility index (Phi) is 8.15. The molecule has 3 aromatic carbocycles. The first kappa shape index (κ1) is 25.4. The molecule has 5 nitrogen and oxygen atoms in total. The summed E-state index contributed by atoms with van der Waals surface area (Å²) >= 11 is 3.63. The maximum Gasteiger partial charge on any atom is 0.213 e. The quantitative estimate of drug-likeness (QED) is 0.175. The van der Waals surface area contributed by atoms with Crippen LogP contribution in [0, 0.1) is 0 Å². The normalized spacial score (nSPS) is 17.9. The van der Waals surface area contributed by atoms with Crippen LogP contribution in [-0.2, 0) is 0 Å². The molecule has 2 heterocycles. The lowest BCUT2D eigenvalue weighted by Gasteiger charge is -2.38. The summed E-state index contributed by atoms with van der Waals surface area (Å²) in [5, 5.41) is 7.18. The smallest absolute Gasteiger partial charge is 0.213 e. The van der Waals surface area contributed by atoms with Crippen molar-refractivity contribution in [2.45, 2.75) is 51.3 Å². The molecule has 0 aromatic heterocycles. The van der Waals surface area contributed by atoms with Crippen LogP contribution >= 0.6 is 15.9 Å². The van der Waals surface area contributed by atoms with E-state index in [-0.39, 0.29) is 12.3 Å². The number of unbranched alkanes of at least 4 members (excludes halogenated alkanes) is 3. The number of hydrogen-bond acceptors (Lipinski definition) is 5. The monoisotopic (exact) mass is 560 g/mol. The van der Waals surface area contributed by atoms with Crippen LogP contribution in [0.3, 0.4) is 0 Å². The van der Waals surface area contributed by atoms with Gasteiger partial charge in [-0.3, -0.25) is 0 Å². The zero-order chi connectivity index (χ0) is 25.6. The van der Waals surface area contributed by atoms with Crippen LogP contribution in [0.4, 0.5) is 0 Å². The van der Waals surface area contributed by atoms with Crippen LogP contribution in [0.1, 0.15) is 68.0 Å². The van der Waals surface area contributed by atoms with E-state index in [1.165, 1.54) is 19.3 Å². The molecule has 0 amide bonds. The van der Waals surface area contributed by atoms with Gasteiger partial charge in [-0.25, -0.2) is 5.01 Å². The average molecular weight is 562 g/mol. The van der Waals surface area contributed by atoms with Crippen LogP contribution in [-0.4, -0.2) is 23.9 Å². The summed E-state index contributed by atoms with van der Waals surface area (Å²) in [5.74, 6) is 2.61. The van der Waals surface area contributed by atoms with E-state index in [0.29, 0.717) is 6.61 Å². The molecular formula is C31H33BrN2O3. The lowest BCUT2D eigenvalue weighted by molar-refractivity contribution is -0.0191. The van der Waals surface area contributed by atoms with E-state index in [0.717, 1.165) is 63.6 Å². The molecule has 0 aliphatic carbocycles. The van der Waals surface area contributed by atoms with Gasteiger partial charge in [0, 0.05) is 22.0 Å². The number of rotatable bonds is 11. The van der Waals surface area contributed by atoms with Crippen molar-refractivity contribution >= 4 is 21.6 Å². The highest BCUT2D eigenvalue weighted by Gasteiger charge is 2.41. The van der Waals surface area contributed by atoms with Gasteiger partial charge in [0.25, 0.3) is 0 Å². The van der Waals surface area contributed by atoms with Crippen LogP contribution in [0.15, 0.2) is 89.0 Å². The minimum atomic E-state index is -0.315. The third-order valence-corrected chi connectivity index (χ3v) is 7.23. The Hall–Kier alpha value is -3.25. The van der Waals surface area contributed by atoms with Gasteiger partial charge in [-0.1, -0.05) is 54.8 Å². The molecule has 0 saturated carbocycles. The molecule has 3 aromatic rings. The molecule has 2 aliphatic heterocycles. The van der Waals surface area contributed by atoms with Crippen molar-refractivity contribution in [1.82, 2.24) is 5.01 Å². The van der Waals surface area contributed by atoms with E-state index in [2.05, 4.69) is 64.8 Å². The van der Waals surface area contributed by atoms with E-state index in [1.807, 2.05) is 36.4 Å². The van der Waals surface area contributed by atoms with Crippen LogP contribution in [0.25, 0.3) is 0 Å². The first-order chi connectivity index (χ1) is 18.2. The van der Waals surface area contributed by atoms with Gasteiger partial charge in [-0.15, -0.1) is 0 Å². The summed E-state index contributed by atoms with van der Waals surface area (Å²) in [6, 6.07) is 22.7. The van der Waals surface area contributed by atoms with Crippen LogP contribution in [0.5, 0.6) is 17.2 Å². The summed E-state index contributed by atoms with van der Waals surface area (Å²) in [4.78, 5) is 0. The zero-order valence-corrected chi connectivity index (χ0v) is 22.8. The maximum absolute atomic E-state index is 6.53. The summed E-state index contributed by atoms with van der Waals surface area (Å²) < 4.78 is 19.2. The number of fused-ring (bicyclic) bond motifs is 3. The lowest BCUT2D eigenvalue weighted by atomic mass is 9.96. The maximum atomic E-state index is 6.53. The van der Waals surface area contributed by atoms with Crippen molar-refractivity contribution in [3.63, 3.8) is 0 Å². The zero-order valence-electron chi connectivity index (χ0n) is 21.2. The molecule has 0 N–H and O–H groups in total. The highest BCUT2D eigenvalue weighted by Crippen LogP contribution is 2.48. The first-order valence-electron chi connectivity index (χ1n) is 13.0. The van der Waals surface area contributed by atoms with Gasteiger partial charge in [-0.05, 0) is 78.7 Å². The second-order valence-electron chi connectivity index (χ2n) is 9.40. The first-order valence-corrected chi connectivity index (χ1v) is 13.8. The second-order valence-corrected chi connectivity index (χ2v) is 10.3. The standard InChI is InChI=1S/C31H33BrN2O3/c1-3-5-6-7-19-36-26-15-10-23(11-16-26)31-34-29(27-20-24(32)12-17-30(27)37-31)21-28(33-34)22-8-13-25(14-9-22)35-18-4-2/h4,8-17,20,29,31H,2-3,5-7,18-19,21H2,1H3/t29-,31-/m0/s1. The summed E-state index contributed by atoms with van der Waals surface area (Å²) in [6.07, 6.45) is 7.01. The average Bonchev–Trinajstić information content (AvgIpc) is 3.38. The predicted molar refractivity (Wildman–Crippen MR) is 151 cm³/mol. The van der Waals surface area contributed by atoms with Crippen molar-refractivity contribution in [2.75, 3.05) is 13.2 Å². The highest BCUT2D eigenvalue weighted by molar-refractivity contribution is 9.10. The molecule has 2 aliphatic rings. The Bertz CT molecular complexity index is 1240. The van der Waals surface area contributed by atoms with Gasteiger partial charge in [0.1, 0.15) is 23.9 Å². The number of halogens is 1. The van der Waals surface area contributed by atoms with Crippen LogP contribution in [0.2, 0.25) is 0 Å². The van der Waals surface area contributed by atoms with E-state index in [4.69, 9.17) is 19.3 Å². The largest absolute Gasteiger partial charge is 0.494 e. The fraction of sp³-hybridized carbons (Fsp3) is 0.323. The van der Waals surface area contributed by atoms with Crippen molar-refractivity contribution in [2.24, 2.45) is 5.10 Å². The van der Waals surface area contributed by atoms with E-state index >= 15 is 0 Å². The molecule has 0 saturated heterocycles. The number of nitrogens with zero attached hydrogens (tertiary/aromatic N) is 2. The highest BCUT2D eigenvalue weighted by atomic mass is 79.9. The minimum Gasteiger partial charge on any atom is -0.494 e. The lowest BCUT2D eigenvalue weighted by Crippen LogP contribution is -2.33. The Balaban J connectivity index is 1.37. The Morgan fingerprint density at radius 2 is 1.76 bits per heavy atom. The molecule has 37 heavy (non-hydrogen) atoms. The number of hydrogen-bond donors (Lipinski definition) is 0. The number of ether oxygens (including phenoxy) is 3. The van der Waals surface area contributed by atoms with Crippen molar-refractivity contribution in [1.29, 1.82) is 0 Å².